The average molecular weight is 474 g/mol. The number of carbonyl (C=O) groups excluding carboxylic acids is 2. The Balaban J connectivity index is 1.35. The Morgan fingerprint density at radius 2 is 2.06 bits per heavy atom. The number of amides is 3. The number of nitrogens with zero attached hydrogens (tertiary/aromatic N) is 3. The van der Waals surface area contributed by atoms with Crippen molar-refractivity contribution in [2.45, 2.75) is 38.6 Å². The molecule has 7 nitrogen and oxygen atoms in total. The van der Waals surface area contributed by atoms with Crippen LogP contribution in [0.3, 0.4) is 0 Å². The zero-order chi connectivity index (χ0) is 23.9. The van der Waals surface area contributed by atoms with Gasteiger partial charge in [-0.1, -0.05) is 43.3 Å². The van der Waals surface area contributed by atoms with Crippen LogP contribution in [0.25, 0.3) is 0 Å². The minimum Gasteiger partial charge on any atom is -0.338 e. The van der Waals surface area contributed by atoms with E-state index in [-0.39, 0.29) is 17.9 Å². The van der Waals surface area contributed by atoms with Crippen LogP contribution in [0.5, 0.6) is 0 Å². The summed E-state index contributed by atoms with van der Waals surface area (Å²) in [6, 6.07) is 15.9. The number of fused-ring (bicyclic) bond motifs is 1. The molecule has 3 aromatic rings. The quantitative estimate of drug-likeness (QED) is 0.529. The molecule has 0 saturated carbocycles. The summed E-state index contributed by atoms with van der Waals surface area (Å²) in [6.45, 7) is 3.52. The van der Waals surface area contributed by atoms with Gasteiger partial charge in [0.15, 0.2) is 0 Å². The van der Waals surface area contributed by atoms with Gasteiger partial charge in [-0.3, -0.25) is 9.78 Å². The molecule has 0 unspecified atom stereocenters. The highest BCUT2D eigenvalue weighted by Crippen LogP contribution is 2.37. The summed E-state index contributed by atoms with van der Waals surface area (Å²) in [4.78, 5) is 32.2. The molecule has 0 aliphatic carbocycles. The number of nitriles is 1. The van der Waals surface area contributed by atoms with Crippen LogP contribution in [0.4, 0.5) is 9.80 Å². The highest BCUT2D eigenvalue weighted by atomic mass is 32.1. The van der Waals surface area contributed by atoms with E-state index in [4.69, 9.17) is 0 Å². The summed E-state index contributed by atoms with van der Waals surface area (Å²) in [5.74, 6) is -0.0383. The predicted molar refractivity (Wildman–Crippen MR) is 133 cm³/mol. The monoisotopic (exact) mass is 473 g/mol. The third-order valence-corrected chi connectivity index (χ3v) is 7.11. The maximum atomic E-state index is 12.7. The third kappa shape index (κ3) is 5.61. The fourth-order valence-corrected chi connectivity index (χ4v) is 5.34. The Hall–Kier alpha value is -3.70. The molecule has 0 fully saturated rings. The van der Waals surface area contributed by atoms with E-state index in [0.29, 0.717) is 49.5 Å². The smallest absolute Gasteiger partial charge is 0.317 e. The first kappa shape index (κ1) is 23.5. The summed E-state index contributed by atoms with van der Waals surface area (Å²) >= 11 is 1.40. The van der Waals surface area contributed by atoms with Crippen LogP contribution >= 0.6 is 11.3 Å². The van der Waals surface area contributed by atoms with Crippen molar-refractivity contribution in [3.63, 3.8) is 0 Å². The molecule has 1 atom stereocenters. The van der Waals surface area contributed by atoms with Crippen LogP contribution in [-0.2, 0) is 24.2 Å². The minimum absolute atomic E-state index is 0.0761. The van der Waals surface area contributed by atoms with Gasteiger partial charge >= 0.3 is 6.03 Å². The first-order chi connectivity index (χ1) is 16.5. The van der Waals surface area contributed by atoms with Crippen LogP contribution in [-0.4, -0.2) is 34.9 Å². The van der Waals surface area contributed by atoms with Gasteiger partial charge in [-0.25, -0.2) is 4.79 Å². The summed E-state index contributed by atoms with van der Waals surface area (Å²) in [5.41, 5.74) is 3.65. The molecular weight excluding hydrogens is 446 g/mol. The molecule has 4 rings (SSSR count). The molecule has 174 valence electrons. The topological polar surface area (TPSA) is 98.1 Å². The molecule has 3 heterocycles. The van der Waals surface area contributed by atoms with E-state index in [2.05, 4.69) is 21.7 Å². The summed E-state index contributed by atoms with van der Waals surface area (Å²) in [6.07, 6.45) is 5.17. The number of anilines is 1. The maximum Gasteiger partial charge on any atom is 0.317 e. The van der Waals surface area contributed by atoms with Crippen LogP contribution in [0.15, 0.2) is 54.9 Å². The van der Waals surface area contributed by atoms with Gasteiger partial charge in [0.25, 0.3) is 0 Å². The number of hydrogen-bond donors (Lipinski definition) is 2. The SMILES string of the molecule is C[C@H](CC(=O)Nc1sc2c(c1C#N)CCN(C(=O)NCCc1cccnc1)C2)c1ccccc1. The zero-order valence-corrected chi connectivity index (χ0v) is 19.9. The van der Waals surface area contributed by atoms with Gasteiger partial charge in [0.1, 0.15) is 11.1 Å². The highest BCUT2D eigenvalue weighted by Gasteiger charge is 2.27. The first-order valence-electron chi connectivity index (χ1n) is 11.4. The lowest BCUT2D eigenvalue weighted by atomic mass is 9.97. The second-order valence-corrected chi connectivity index (χ2v) is 9.50. The molecule has 0 bridgehead atoms. The van der Waals surface area contributed by atoms with E-state index in [1.165, 1.54) is 11.3 Å². The second-order valence-electron chi connectivity index (χ2n) is 8.40. The Labute approximate surface area is 203 Å². The number of urea groups is 1. The Morgan fingerprint density at radius 1 is 1.24 bits per heavy atom. The van der Waals surface area contributed by atoms with Crippen molar-refractivity contribution in [1.29, 1.82) is 5.26 Å². The number of rotatable bonds is 7. The fourth-order valence-electron chi connectivity index (χ4n) is 4.11. The van der Waals surface area contributed by atoms with Crippen molar-refractivity contribution in [1.82, 2.24) is 15.2 Å². The van der Waals surface area contributed by atoms with E-state index in [1.54, 1.807) is 17.3 Å². The van der Waals surface area contributed by atoms with E-state index in [1.807, 2.05) is 49.4 Å². The van der Waals surface area contributed by atoms with Gasteiger partial charge in [0.05, 0.1) is 12.1 Å². The molecule has 0 radical (unpaired) electrons. The maximum absolute atomic E-state index is 12.7. The molecule has 3 amide bonds. The lowest BCUT2D eigenvalue weighted by molar-refractivity contribution is -0.116. The van der Waals surface area contributed by atoms with E-state index >= 15 is 0 Å². The van der Waals surface area contributed by atoms with Gasteiger partial charge in [-0.15, -0.1) is 11.3 Å². The molecule has 0 spiro atoms. The second kappa shape index (κ2) is 10.9. The third-order valence-electron chi connectivity index (χ3n) is 5.98. The Bertz CT molecular complexity index is 1190. The molecule has 1 aliphatic heterocycles. The van der Waals surface area contributed by atoms with Gasteiger partial charge in [-0.2, -0.15) is 5.26 Å². The summed E-state index contributed by atoms with van der Waals surface area (Å²) < 4.78 is 0. The molecule has 2 N–H and O–H groups in total. The lowest BCUT2D eigenvalue weighted by Gasteiger charge is -2.27. The van der Waals surface area contributed by atoms with Crippen LogP contribution in [0, 0.1) is 11.3 Å². The number of pyridine rings is 1. The lowest BCUT2D eigenvalue weighted by Crippen LogP contribution is -2.43. The number of aromatic nitrogens is 1. The fraction of sp³-hybridized carbons (Fsp3) is 0.308. The number of thiophene rings is 1. The predicted octanol–water partition coefficient (Wildman–Crippen LogP) is 4.46. The number of carbonyl (C=O) groups is 2. The van der Waals surface area contributed by atoms with E-state index in [0.717, 1.165) is 21.6 Å². The average Bonchev–Trinajstić information content (AvgIpc) is 3.20. The summed E-state index contributed by atoms with van der Waals surface area (Å²) in [7, 11) is 0. The number of hydrogen-bond acceptors (Lipinski definition) is 5. The number of nitrogens with one attached hydrogen (secondary N) is 2. The van der Waals surface area contributed by atoms with Gasteiger partial charge in [-0.05, 0) is 41.5 Å². The van der Waals surface area contributed by atoms with Crippen molar-refractivity contribution in [2.24, 2.45) is 0 Å². The molecule has 0 saturated heterocycles. The van der Waals surface area contributed by atoms with Gasteiger partial charge in [0.2, 0.25) is 5.91 Å². The van der Waals surface area contributed by atoms with Crippen molar-refractivity contribution >= 4 is 28.3 Å². The van der Waals surface area contributed by atoms with Gasteiger partial charge < -0.3 is 15.5 Å². The number of benzene rings is 1. The Morgan fingerprint density at radius 3 is 2.79 bits per heavy atom. The van der Waals surface area contributed by atoms with Crippen LogP contribution in [0.2, 0.25) is 0 Å². The van der Waals surface area contributed by atoms with Crippen molar-refractivity contribution < 1.29 is 9.59 Å². The highest BCUT2D eigenvalue weighted by molar-refractivity contribution is 7.16. The van der Waals surface area contributed by atoms with E-state index < -0.39 is 0 Å². The van der Waals surface area contributed by atoms with Crippen LogP contribution in [0.1, 0.15) is 46.4 Å². The standard InChI is InChI=1S/C26H27N5O2S/c1-18(20-7-3-2-4-8-20)14-24(32)30-25-22(15-27)21-10-13-31(17-23(21)34-25)26(33)29-12-9-19-6-5-11-28-16-19/h2-8,11,16,18H,9-10,12-14,17H2,1H3,(H,29,33)(H,30,32)/t18-/m1/s1. The normalized spacial score (nSPS) is 13.5. The minimum atomic E-state index is -0.122. The largest absolute Gasteiger partial charge is 0.338 e. The zero-order valence-electron chi connectivity index (χ0n) is 19.1. The molecule has 1 aromatic carbocycles. The van der Waals surface area contributed by atoms with Crippen molar-refractivity contribution in [3.05, 3.63) is 82.0 Å². The van der Waals surface area contributed by atoms with Crippen molar-refractivity contribution in [2.75, 3.05) is 18.4 Å². The van der Waals surface area contributed by atoms with E-state index in [9.17, 15) is 14.9 Å². The first-order valence-corrected chi connectivity index (χ1v) is 12.2. The molecule has 2 aromatic heterocycles. The molecule has 34 heavy (non-hydrogen) atoms. The molecule has 1 aliphatic rings. The Kier molecular flexibility index (Phi) is 7.55. The molecule has 8 heteroatoms. The molecular formula is C26H27N5O2S. The van der Waals surface area contributed by atoms with Gasteiger partial charge in [0, 0.05) is 36.8 Å². The van der Waals surface area contributed by atoms with Crippen molar-refractivity contribution in [3.8, 4) is 6.07 Å². The summed E-state index contributed by atoms with van der Waals surface area (Å²) in [5, 5.41) is 16.2. The van der Waals surface area contributed by atoms with Crippen LogP contribution < -0.4 is 10.6 Å².